The summed E-state index contributed by atoms with van der Waals surface area (Å²) in [5.74, 6) is 0.166. The van der Waals surface area contributed by atoms with Crippen molar-refractivity contribution in [3.05, 3.63) is 83.6 Å². The Morgan fingerprint density at radius 3 is 2.48 bits per heavy atom. The Morgan fingerprint density at radius 1 is 0.839 bits per heavy atom. The molecular formula is C24H19N5O2. The number of benzene rings is 3. The Kier molecular flexibility index (Phi) is 3.89. The number of nitrogens with one attached hydrogen (secondary N) is 1. The molecule has 0 bridgehead atoms. The van der Waals surface area contributed by atoms with Crippen molar-refractivity contribution in [2.75, 3.05) is 19.6 Å². The molecule has 0 spiro atoms. The van der Waals surface area contributed by atoms with Gasteiger partial charge in [-0.25, -0.2) is 0 Å². The zero-order chi connectivity index (χ0) is 20.9. The maximum atomic E-state index is 13.0. The average Bonchev–Trinajstić information content (AvgIpc) is 3.52. The van der Waals surface area contributed by atoms with Gasteiger partial charge >= 0.3 is 0 Å². The van der Waals surface area contributed by atoms with Gasteiger partial charge in [-0.15, -0.1) is 0 Å². The number of carbonyl (C=O) groups excluding carboxylic acids is 2. The molecule has 2 aliphatic rings. The van der Waals surface area contributed by atoms with Gasteiger partial charge in [-0.1, -0.05) is 30.3 Å². The van der Waals surface area contributed by atoms with Crippen molar-refractivity contribution >= 4 is 33.6 Å². The summed E-state index contributed by atoms with van der Waals surface area (Å²) in [4.78, 5) is 29.6. The van der Waals surface area contributed by atoms with Crippen LogP contribution >= 0.6 is 0 Å². The van der Waals surface area contributed by atoms with Crippen molar-refractivity contribution in [1.82, 2.24) is 25.2 Å². The number of hydrogen-bond donors (Lipinski definition) is 1. The molecule has 4 aromatic rings. The van der Waals surface area contributed by atoms with Gasteiger partial charge in [0.15, 0.2) is 0 Å². The van der Waals surface area contributed by atoms with E-state index in [4.69, 9.17) is 0 Å². The standard InChI is InChI=1S/C24H19N5O2/c30-23(17-6-5-15-3-1-2-4-16(15)9-17)28-11-19-13-29(14-20(19)12-28)24(31)18-7-8-21-22(10-18)26-27-25-21/h1-11,20H,12-14H2,(H,25,26,27)/t20-/m0/s1. The van der Waals surface area contributed by atoms with E-state index in [1.54, 1.807) is 23.1 Å². The molecule has 1 fully saturated rings. The van der Waals surface area contributed by atoms with Crippen LogP contribution in [0.25, 0.3) is 21.8 Å². The van der Waals surface area contributed by atoms with Gasteiger partial charge in [0, 0.05) is 42.9 Å². The van der Waals surface area contributed by atoms with E-state index in [0.717, 1.165) is 21.9 Å². The van der Waals surface area contributed by atoms with E-state index in [1.807, 2.05) is 53.6 Å². The van der Waals surface area contributed by atoms with Crippen LogP contribution in [0.2, 0.25) is 0 Å². The van der Waals surface area contributed by atoms with Gasteiger partial charge in [0.1, 0.15) is 11.0 Å². The molecule has 2 aliphatic heterocycles. The van der Waals surface area contributed by atoms with Crippen LogP contribution in [0.3, 0.4) is 0 Å². The lowest BCUT2D eigenvalue weighted by Gasteiger charge is -2.20. The fourth-order valence-electron chi connectivity index (χ4n) is 4.55. The van der Waals surface area contributed by atoms with Gasteiger partial charge in [0.05, 0.1) is 0 Å². The summed E-state index contributed by atoms with van der Waals surface area (Å²) >= 11 is 0. The fourth-order valence-corrected chi connectivity index (χ4v) is 4.55. The minimum absolute atomic E-state index is 0.00186. The molecule has 0 saturated carbocycles. The van der Waals surface area contributed by atoms with Crippen LogP contribution in [-0.2, 0) is 0 Å². The van der Waals surface area contributed by atoms with Crippen LogP contribution < -0.4 is 0 Å². The maximum Gasteiger partial charge on any atom is 0.257 e. The molecular weight excluding hydrogens is 390 g/mol. The van der Waals surface area contributed by atoms with Gasteiger partial charge in [0.2, 0.25) is 0 Å². The summed E-state index contributed by atoms with van der Waals surface area (Å²) in [7, 11) is 0. The Morgan fingerprint density at radius 2 is 1.61 bits per heavy atom. The Hall–Kier alpha value is -4.00. The number of carbonyl (C=O) groups is 2. The highest BCUT2D eigenvalue weighted by Gasteiger charge is 2.37. The lowest BCUT2D eigenvalue weighted by Crippen LogP contribution is -2.33. The average molecular weight is 409 g/mol. The summed E-state index contributed by atoms with van der Waals surface area (Å²) < 4.78 is 0. The van der Waals surface area contributed by atoms with Crippen LogP contribution in [0.15, 0.2) is 72.4 Å². The van der Waals surface area contributed by atoms with Crippen molar-refractivity contribution in [2.24, 2.45) is 5.92 Å². The molecule has 3 heterocycles. The molecule has 7 heteroatoms. The fraction of sp³-hybridized carbons (Fsp3) is 0.167. The molecule has 152 valence electrons. The summed E-state index contributed by atoms with van der Waals surface area (Å²) in [6, 6.07) is 19.2. The molecule has 6 rings (SSSR count). The molecule has 1 aromatic heterocycles. The third-order valence-electron chi connectivity index (χ3n) is 6.19. The quantitative estimate of drug-likeness (QED) is 0.551. The van der Waals surface area contributed by atoms with Crippen LogP contribution in [0.5, 0.6) is 0 Å². The zero-order valence-corrected chi connectivity index (χ0v) is 16.7. The minimum atomic E-state index is -0.0207. The molecule has 2 amide bonds. The zero-order valence-electron chi connectivity index (χ0n) is 16.7. The van der Waals surface area contributed by atoms with E-state index in [2.05, 4.69) is 15.4 Å². The molecule has 0 radical (unpaired) electrons. The van der Waals surface area contributed by atoms with E-state index >= 15 is 0 Å². The lowest BCUT2D eigenvalue weighted by molar-refractivity contribution is 0.0774. The van der Waals surface area contributed by atoms with Crippen LogP contribution in [0.1, 0.15) is 20.7 Å². The van der Waals surface area contributed by atoms with Crippen LogP contribution in [0.4, 0.5) is 0 Å². The second kappa shape index (κ2) is 6.77. The largest absolute Gasteiger partial charge is 0.334 e. The first-order valence-corrected chi connectivity index (χ1v) is 10.3. The number of H-pyrrole nitrogens is 1. The van der Waals surface area contributed by atoms with Crippen LogP contribution in [-0.4, -0.2) is 56.7 Å². The van der Waals surface area contributed by atoms with Crippen molar-refractivity contribution in [2.45, 2.75) is 0 Å². The number of hydrogen-bond acceptors (Lipinski definition) is 4. The third-order valence-corrected chi connectivity index (χ3v) is 6.19. The molecule has 0 aliphatic carbocycles. The molecule has 1 N–H and O–H groups in total. The molecule has 7 nitrogen and oxygen atoms in total. The summed E-state index contributed by atoms with van der Waals surface area (Å²) in [5.41, 5.74) is 3.83. The van der Waals surface area contributed by atoms with Gasteiger partial charge in [-0.3, -0.25) is 9.59 Å². The number of nitrogens with zero attached hydrogens (tertiary/aromatic N) is 4. The number of amides is 2. The highest BCUT2D eigenvalue weighted by Crippen LogP contribution is 2.32. The number of aromatic amines is 1. The van der Waals surface area contributed by atoms with E-state index in [9.17, 15) is 9.59 Å². The minimum Gasteiger partial charge on any atom is -0.334 e. The predicted octanol–water partition coefficient (Wildman–Crippen LogP) is 3.22. The van der Waals surface area contributed by atoms with E-state index in [-0.39, 0.29) is 17.7 Å². The number of likely N-dealkylation sites (tertiary alicyclic amines) is 1. The normalized spacial score (nSPS) is 17.9. The van der Waals surface area contributed by atoms with E-state index in [0.29, 0.717) is 36.3 Å². The number of rotatable bonds is 2. The van der Waals surface area contributed by atoms with Crippen molar-refractivity contribution in [3.8, 4) is 0 Å². The topological polar surface area (TPSA) is 82.2 Å². The molecule has 0 unspecified atom stereocenters. The summed E-state index contributed by atoms with van der Waals surface area (Å²) in [6.45, 7) is 1.76. The Balaban J connectivity index is 1.19. The van der Waals surface area contributed by atoms with Gasteiger partial charge < -0.3 is 9.80 Å². The first-order valence-electron chi connectivity index (χ1n) is 10.3. The second-order valence-electron chi connectivity index (χ2n) is 8.13. The molecule has 1 atom stereocenters. The molecule has 3 aromatic carbocycles. The van der Waals surface area contributed by atoms with Gasteiger partial charge in [-0.05, 0) is 46.7 Å². The highest BCUT2D eigenvalue weighted by molar-refractivity contribution is 6.00. The summed E-state index contributed by atoms with van der Waals surface area (Å²) in [5, 5.41) is 12.8. The van der Waals surface area contributed by atoms with Gasteiger partial charge in [0.25, 0.3) is 11.8 Å². The maximum absolute atomic E-state index is 13.0. The first kappa shape index (κ1) is 17.8. The third kappa shape index (κ3) is 2.97. The number of fused-ring (bicyclic) bond motifs is 3. The monoisotopic (exact) mass is 409 g/mol. The first-order chi connectivity index (χ1) is 15.2. The Bertz CT molecular complexity index is 1390. The lowest BCUT2D eigenvalue weighted by atomic mass is 10.1. The van der Waals surface area contributed by atoms with Crippen molar-refractivity contribution in [1.29, 1.82) is 0 Å². The number of aromatic nitrogens is 3. The van der Waals surface area contributed by atoms with Gasteiger partial charge in [-0.2, -0.15) is 15.4 Å². The molecule has 1 saturated heterocycles. The molecule has 31 heavy (non-hydrogen) atoms. The second-order valence-corrected chi connectivity index (χ2v) is 8.13. The highest BCUT2D eigenvalue weighted by atomic mass is 16.2. The SMILES string of the molecule is O=C(c1ccc2ccccc2c1)N1C=C2CN(C(=O)c3ccc4n[nH]nc4c3)C[C@@H]2C1. The summed E-state index contributed by atoms with van der Waals surface area (Å²) in [6.07, 6.45) is 1.93. The van der Waals surface area contributed by atoms with E-state index < -0.39 is 0 Å². The van der Waals surface area contributed by atoms with Crippen LogP contribution in [0, 0.1) is 5.92 Å². The predicted molar refractivity (Wildman–Crippen MR) is 116 cm³/mol. The van der Waals surface area contributed by atoms with Crippen molar-refractivity contribution in [3.63, 3.8) is 0 Å². The van der Waals surface area contributed by atoms with E-state index in [1.165, 1.54) is 0 Å². The Labute approximate surface area is 177 Å². The van der Waals surface area contributed by atoms with Crippen molar-refractivity contribution < 1.29 is 9.59 Å². The smallest absolute Gasteiger partial charge is 0.257 e.